The van der Waals surface area contributed by atoms with Gasteiger partial charge in [0.15, 0.2) is 0 Å². The number of carboxylic acid groups (broad SMARTS) is 1. The highest BCUT2D eigenvalue weighted by Crippen LogP contribution is 2.05. The molecule has 0 unspecified atom stereocenters. The molecule has 0 bridgehead atoms. The van der Waals surface area contributed by atoms with E-state index in [0.717, 1.165) is 0 Å². The number of hydrogen-bond acceptors (Lipinski definition) is 3. The maximum atomic E-state index is 11.3. The van der Waals surface area contributed by atoms with Crippen LogP contribution in [0.25, 0.3) is 0 Å². The molecule has 86 valence electrons. The number of nitrogens with zero attached hydrogens (tertiary/aromatic N) is 1. The van der Waals surface area contributed by atoms with Crippen molar-refractivity contribution in [2.75, 3.05) is 0 Å². The van der Waals surface area contributed by atoms with E-state index < -0.39 is 17.9 Å². The molecule has 6 heteroatoms. The Morgan fingerprint density at radius 3 is 2.33 bits per heavy atom. The van der Waals surface area contributed by atoms with Gasteiger partial charge < -0.3 is 10.4 Å². The molecule has 0 saturated heterocycles. The summed E-state index contributed by atoms with van der Waals surface area (Å²) in [6.45, 7) is 5.17. The van der Waals surface area contributed by atoms with E-state index in [4.69, 9.17) is 16.9 Å². The Hall–Kier alpha value is -1.10. The zero-order valence-corrected chi connectivity index (χ0v) is 9.71. The third-order valence-corrected chi connectivity index (χ3v) is 2.02. The van der Waals surface area contributed by atoms with Crippen LogP contribution in [-0.2, 0) is 9.59 Å². The largest absolute Gasteiger partial charge is 0.480 e. The van der Waals surface area contributed by atoms with Gasteiger partial charge in [-0.05, 0) is 19.3 Å². The van der Waals surface area contributed by atoms with E-state index >= 15 is 0 Å². The third-order valence-electron chi connectivity index (χ3n) is 1.77. The molecule has 0 saturated carbocycles. The van der Waals surface area contributed by atoms with E-state index in [1.54, 1.807) is 0 Å². The van der Waals surface area contributed by atoms with Crippen molar-refractivity contribution in [3.05, 3.63) is 0 Å². The Bertz CT molecular complexity index is 277. The first-order valence-corrected chi connectivity index (χ1v) is 4.91. The van der Waals surface area contributed by atoms with Gasteiger partial charge in [-0.2, -0.15) is 4.51 Å². The van der Waals surface area contributed by atoms with Crippen LogP contribution < -0.4 is 5.32 Å². The quantitative estimate of drug-likeness (QED) is 0.702. The first-order valence-electron chi connectivity index (χ1n) is 4.57. The van der Waals surface area contributed by atoms with Crippen LogP contribution in [0.2, 0.25) is 0 Å². The first-order chi connectivity index (χ1) is 6.88. The van der Waals surface area contributed by atoms with Crippen molar-refractivity contribution >= 4 is 29.4 Å². The molecule has 15 heavy (non-hydrogen) atoms. The average Bonchev–Trinajstić information content (AvgIpc) is 2.14. The molecular weight excluding hydrogens is 220 g/mol. The lowest BCUT2D eigenvalue weighted by Crippen LogP contribution is -2.44. The molecule has 0 aromatic carbocycles. The molecule has 2 N–H and O–H groups in total. The van der Waals surface area contributed by atoms with Crippen LogP contribution >= 0.6 is 11.8 Å². The minimum Gasteiger partial charge on any atom is -0.480 e. The van der Waals surface area contributed by atoms with Crippen LogP contribution in [0, 0.1) is 5.92 Å². The fraction of sp³-hybridized carbons (Fsp3) is 0.667. The predicted molar refractivity (Wildman–Crippen MR) is 58.0 cm³/mol. The minimum absolute atomic E-state index is 0.0478. The topological polar surface area (TPSA) is 78.8 Å². The second-order valence-electron chi connectivity index (χ2n) is 3.66. The zero-order chi connectivity index (χ0) is 12.0. The number of amides is 1. The Kier molecular flexibility index (Phi) is 5.93. The van der Waals surface area contributed by atoms with Crippen molar-refractivity contribution in [1.82, 2.24) is 5.32 Å². The zero-order valence-electron chi connectivity index (χ0n) is 8.95. The summed E-state index contributed by atoms with van der Waals surface area (Å²) < 4.78 is 3.16. The molecule has 0 spiro atoms. The van der Waals surface area contributed by atoms with Crippen molar-refractivity contribution in [3.63, 3.8) is 0 Å². The number of carbonyl (C=O) groups is 2. The van der Waals surface area contributed by atoms with E-state index in [2.05, 4.69) is 9.83 Å². The van der Waals surface area contributed by atoms with Gasteiger partial charge in [0.1, 0.15) is 11.8 Å². The molecule has 0 radical (unpaired) electrons. The Morgan fingerprint density at radius 2 is 2.00 bits per heavy atom. The summed E-state index contributed by atoms with van der Waals surface area (Å²) >= 11 is 5.10. The van der Waals surface area contributed by atoms with E-state index in [1.165, 1.54) is 6.92 Å². The van der Waals surface area contributed by atoms with Crippen molar-refractivity contribution in [2.45, 2.75) is 33.2 Å². The van der Waals surface area contributed by atoms with Crippen LogP contribution in [0.5, 0.6) is 0 Å². The fourth-order valence-electron chi connectivity index (χ4n) is 0.994. The molecule has 0 aromatic rings. The highest BCUT2D eigenvalue weighted by Gasteiger charge is 2.21. The normalized spacial score (nSPS) is 13.8. The highest BCUT2D eigenvalue weighted by atomic mass is 35.5. The summed E-state index contributed by atoms with van der Waals surface area (Å²) in [6, 6.07) is -0.897. The molecular formula is C9H15ClN2O3. The van der Waals surface area contributed by atoms with Crippen molar-refractivity contribution in [1.29, 1.82) is 0 Å². The maximum Gasteiger partial charge on any atom is 0.326 e. The monoisotopic (exact) mass is 234 g/mol. The second-order valence-corrected chi connectivity index (χ2v) is 3.83. The molecule has 0 aliphatic heterocycles. The number of aliphatic carboxylic acids is 1. The van der Waals surface area contributed by atoms with Gasteiger partial charge in [0.25, 0.3) is 5.91 Å². The summed E-state index contributed by atoms with van der Waals surface area (Å²) in [5, 5.41) is 11.2. The lowest BCUT2D eigenvalue weighted by molar-refractivity contribution is -0.141. The van der Waals surface area contributed by atoms with E-state index in [0.29, 0.717) is 6.42 Å². The summed E-state index contributed by atoms with van der Waals surface area (Å²) in [5.41, 5.74) is 0.0478. The molecule has 1 amide bonds. The summed E-state index contributed by atoms with van der Waals surface area (Å²) in [7, 11) is 0. The highest BCUT2D eigenvalue weighted by molar-refractivity contribution is 6.42. The first kappa shape index (κ1) is 13.9. The van der Waals surface area contributed by atoms with E-state index in [1.807, 2.05) is 13.8 Å². The van der Waals surface area contributed by atoms with E-state index in [-0.39, 0.29) is 11.6 Å². The summed E-state index contributed by atoms with van der Waals surface area (Å²) in [5.74, 6) is -1.43. The lowest BCUT2D eigenvalue weighted by atomic mass is 10.0. The summed E-state index contributed by atoms with van der Waals surface area (Å²) in [4.78, 5) is 22.1. The number of carbonyl (C=O) groups excluding carboxylic acids is 1. The van der Waals surface area contributed by atoms with Gasteiger partial charge in [0, 0.05) is 11.8 Å². The van der Waals surface area contributed by atoms with Gasteiger partial charge in [0.2, 0.25) is 0 Å². The number of rotatable bonds is 5. The Balaban J connectivity index is 4.42. The third kappa shape index (κ3) is 5.37. The van der Waals surface area contributed by atoms with Crippen molar-refractivity contribution < 1.29 is 14.7 Å². The van der Waals surface area contributed by atoms with Crippen LogP contribution in [0.4, 0.5) is 0 Å². The minimum atomic E-state index is -1.06. The van der Waals surface area contributed by atoms with Gasteiger partial charge in [-0.15, -0.1) is 0 Å². The molecule has 1 atom stereocenters. The number of carboxylic acids is 1. The van der Waals surface area contributed by atoms with Gasteiger partial charge in [-0.25, -0.2) is 4.79 Å². The molecule has 0 aliphatic carbocycles. The van der Waals surface area contributed by atoms with Crippen molar-refractivity contribution in [3.8, 4) is 0 Å². The summed E-state index contributed by atoms with van der Waals surface area (Å²) in [6.07, 6.45) is 0.372. The van der Waals surface area contributed by atoms with E-state index in [9.17, 15) is 9.59 Å². The average molecular weight is 235 g/mol. The van der Waals surface area contributed by atoms with Crippen molar-refractivity contribution in [2.24, 2.45) is 10.4 Å². The number of nitrogens with one attached hydrogen (secondary N) is 1. The Labute approximate surface area is 93.6 Å². The number of hydrogen-bond donors (Lipinski definition) is 2. The lowest BCUT2D eigenvalue weighted by Gasteiger charge is -2.15. The van der Waals surface area contributed by atoms with Gasteiger partial charge >= 0.3 is 5.97 Å². The maximum absolute atomic E-state index is 11.3. The van der Waals surface area contributed by atoms with Gasteiger partial charge in [-0.1, -0.05) is 13.8 Å². The Morgan fingerprint density at radius 1 is 1.47 bits per heavy atom. The smallest absolute Gasteiger partial charge is 0.326 e. The predicted octanol–water partition coefficient (Wildman–Crippen LogP) is 1.22. The molecule has 0 aliphatic rings. The van der Waals surface area contributed by atoms with Crippen LogP contribution in [0.1, 0.15) is 27.2 Å². The molecule has 0 heterocycles. The van der Waals surface area contributed by atoms with Gasteiger partial charge in [-0.3, -0.25) is 4.79 Å². The van der Waals surface area contributed by atoms with Gasteiger partial charge in [0.05, 0.1) is 0 Å². The molecule has 0 aromatic heterocycles. The standard InChI is InChI=1S/C9H15ClN2O3/c1-5(2)4-7(9(14)15)11-8(13)6(3)12-10/h5,7H,4H2,1-3H3,(H,11,13)(H,14,15)/b12-6+/t7-/m1/s1. The molecule has 5 nitrogen and oxygen atoms in total. The van der Waals surface area contributed by atoms with Crippen LogP contribution in [0.3, 0.4) is 0 Å². The number of halogens is 1. The molecule has 0 rings (SSSR count). The molecule has 0 fully saturated rings. The second kappa shape index (κ2) is 6.40. The van der Waals surface area contributed by atoms with Crippen LogP contribution in [-0.4, -0.2) is 28.7 Å². The van der Waals surface area contributed by atoms with Crippen LogP contribution in [0.15, 0.2) is 4.51 Å². The fourth-order valence-corrected chi connectivity index (χ4v) is 1.07. The SMILES string of the molecule is C/C(=N\Cl)C(=O)N[C@H](CC(C)C)C(=O)O.